The molecule has 12 nitrogen and oxygen atoms in total. The average molecular weight is 641 g/mol. The van der Waals surface area contributed by atoms with Crippen LogP contribution in [0.25, 0.3) is 0 Å². The molecule has 2 amide bonds. The van der Waals surface area contributed by atoms with Crippen molar-refractivity contribution in [2.24, 2.45) is 11.8 Å². The first-order chi connectivity index (χ1) is 21.9. The molecule has 0 aromatic heterocycles. The van der Waals surface area contributed by atoms with Crippen LogP contribution in [0.1, 0.15) is 54.4 Å². The fourth-order valence-corrected chi connectivity index (χ4v) is 8.95. The molecular formula is C32H36N2O10S. The molecule has 0 radical (unpaired) electrons. The third-order valence-corrected chi connectivity index (χ3v) is 11.0. The van der Waals surface area contributed by atoms with E-state index in [4.69, 9.17) is 33.2 Å². The van der Waals surface area contributed by atoms with Gasteiger partial charge in [-0.25, -0.2) is 4.79 Å². The number of carbonyl (C=O) groups excluding carboxylic acids is 3. The Morgan fingerprint density at radius 2 is 1.67 bits per heavy atom. The van der Waals surface area contributed by atoms with E-state index in [0.717, 1.165) is 35.3 Å². The Kier molecular flexibility index (Phi) is 7.96. The van der Waals surface area contributed by atoms with Crippen molar-refractivity contribution < 1.29 is 47.5 Å². The molecule has 13 heteroatoms. The number of thioether (sulfide) groups is 1. The fraction of sp³-hybridized carbons (Fsp3) is 0.531. The smallest absolute Gasteiger partial charge is 0.315 e. The summed E-state index contributed by atoms with van der Waals surface area (Å²) in [7, 11) is 4.63. The molecule has 4 heterocycles. The number of hydrogen-bond donors (Lipinski definition) is 2. The molecule has 2 aromatic rings. The molecule has 1 aliphatic carbocycles. The van der Waals surface area contributed by atoms with Gasteiger partial charge in [-0.05, 0) is 48.2 Å². The number of hydrogen-bond acceptors (Lipinski definition) is 11. The van der Waals surface area contributed by atoms with E-state index in [2.05, 4.69) is 10.6 Å². The Morgan fingerprint density at radius 1 is 0.933 bits per heavy atom. The van der Waals surface area contributed by atoms with Gasteiger partial charge in [-0.2, -0.15) is 11.8 Å². The van der Waals surface area contributed by atoms with Crippen molar-refractivity contribution in [3.63, 3.8) is 0 Å². The van der Waals surface area contributed by atoms with Crippen LogP contribution in [0.4, 0.5) is 4.79 Å². The van der Waals surface area contributed by atoms with Crippen LogP contribution in [-0.2, 0) is 19.1 Å². The first-order valence-electron chi connectivity index (χ1n) is 15.2. The van der Waals surface area contributed by atoms with Crippen molar-refractivity contribution in [2.75, 3.05) is 40.5 Å². The van der Waals surface area contributed by atoms with E-state index < -0.39 is 23.9 Å². The number of ether oxygens (including phenoxy) is 7. The van der Waals surface area contributed by atoms with Crippen LogP contribution < -0.4 is 34.3 Å². The molecule has 0 bridgehead atoms. The Morgan fingerprint density at radius 3 is 2.38 bits per heavy atom. The predicted octanol–water partition coefficient (Wildman–Crippen LogP) is 3.69. The maximum atomic E-state index is 13.4. The highest BCUT2D eigenvalue weighted by Crippen LogP contribution is 2.56. The topological polar surface area (TPSA) is 140 Å². The van der Waals surface area contributed by atoms with E-state index in [-0.39, 0.29) is 49.9 Å². The number of urea groups is 1. The van der Waals surface area contributed by atoms with E-state index in [1.807, 2.05) is 36.0 Å². The van der Waals surface area contributed by atoms with Gasteiger partial charge in [0, 0.05) is 34.8 Å². The van der Waals surface area contributed by atoms with Crippen molar-refractivity contribution in [2.45, 2.75) is 55.0 Å². The minimum absolute atomic E-state index is 0.0764. The van der Waals surface area contributed by atoms with E-state index in [1.54, 1.807) is 14.2 Å². The highest BCUT2D eigenvalue weighted by atomic mass is 32.2. The number of nitrogens with one attached hydrogen (secondary N) is 2. The monoisotopic (exact) mass is 640 g/mol. The standard InChI is InChI=1S/C32H36N2O10S/c1-38-22-8-15(9-23(39-2)30(22)40-3)26-16-10-20-21(43-14-42-20)11-17(16)29(18-12-41-31(36)27(18)26)44-25(35)7-5-4-6-24-28-19(13-45-24)33-32(37)34-28/h8-11,18-19,24,26-29H,4-7,12-14H2,1-3H3,(H2,33,34,37)/t18-,19-,24-,26+,27-,28-,29-/m0/s1. The Balaban J connectivity index is 1.14. The lowest BCUT2D eigenvalue weighted by Gasteiger charge is -2.38. The zero-order chi connectivity index (χ0) is 31.2. The number of carbonyl (C=O) groups is 3. The zero-order valence-electron chi connectivity index (χ0n) is 25.3. The highest BCUT2D eigenvalue weighted by Gasteiger charge is 2.54. The minimum Gasteiger partial charge on any atom is -0.493 e. The summed E-state index contributed by atoms with van der Waals surface area (Å²) in [5, 5.41) is 6.30. The lowest BCUT2D eigenvalue weighted by Crippen LogP contribution is -2.37. The van der Waals surface area contributed by atoms with Gasteiger partial charge in [-0.3, -0.25) is 9.59 Å². The summed E-state index contributed by atoms with van der Waals surface area (Å²) in [6.45, 7) is 0.199. The third-order valence-electron chi connectivity index (χ3n) is 9.48. The summed E-state index contributed by atoms with van der Waals surface area (Å²) in [5.41, 5.74) is 2.30. The minimum atomic E-state index is -0.706. The number of cyclic esters (lactones) is 1. The van der Waals surface area contributed by atoms with E-state index >= 15 is 0 Å². The molecule has 0 unspecified atom stereocenters. The molecule has 2 N–H and O–H groups in total. The first kappa shape index (κ1) is 29.7. The zero-order valence-corrected chi connectivity index (χ0v) is 26.1. The summed E-state index contributed by atoms with van der Waals surface area (Å²) in [6.07, 6.45) is 1.94. The van der Waals surface area contributed by atoms with E-state index in [1.165, 1.54) is 7.11 Å². The molecule has 2 aromatic carbocycles. The maximum Gasteiger partial charge on any atom is 0.315 e. The molecule has 4 aliphatic heterocycles. The lowest BCUT2D eigenvalue weighted by molar-refractivity contribution is -0.154. The van der Waals surface area contributed by atoms with Gasteiger partial charge in [-0.1, -0.05) is 6.42 Å². The van der Waals surface area contributed by atoms with Crippen molar-refractivity contribution in [1.82, 2.24) is 10.6 Å². The largest absolute Gasteiger partial charge is 0.493 e. The lowest BCUT2D eigenvalue weighted by atomic mass is 9.66. The van der Waals surface area contributed by atoms with Gasteiger partial charge in [0.2, 0.25) is 12.5 Å². The molecule has 7 rings (SSSR count). The van der Waals surface area contributed by atoms with Crippen molar-refractivity contribution in [3.05, 3.63) is 41.0 Å². The Labute approximate surface area is 264 Å². The van der Waals surface area contributed by atoms with Crippen LogP contribution in [0.15, 0.2) is 24.3 Å². The number of esters is 2. The van der Waals surface area contributed by atoms with Gasteiger partial charge >= 0.3 is 18.0 Å². The Hall–Kier alpha value is -4.00. The number of fused-ring (bicyclic) bond motifs is 4. The summed E-state index contributed by atoms with van der Waals surface area (Å²) < 4.78 is 40.1. The molecule has 7 atom stereocenters. The van der Waals surface area contributed by atoms with Crippen LogP contribution in [0.2, 0.25) is 0 Å². The molecule has 5 aliphatic rings. The van der Waals surface area contributed by atoms with Gasteiger partial charge in [0.15, 0.2) is 23.0 Å². The molecule has 3 saturated heterocycles. The molecule has 240 valence electrons. The van der Waals surface area contributed by atoms with Gasteiger partial charge in [0.1, 0.15) is 6.10 Å². The third kappa shape index (κ3) is 5.24. The number of unbranched alkanes of at least 4 members (excludes halogenated alkanes) is 1. The number of rotatable bonds is 10. The summed E-state index contributed by atoms with van der Waals surface area (Å²) in [5.74, 6) is 1.19. The van der Waals surface area contributed by atoms with Crippen LogP contribution in [0.5, 0.6) is 28.7 Å². The Bertz CT molecular complexity index is 1490. The van der Waals surface area contributed by atoms with Crippen molar-refractivity contribution in [1.29, 1.82) is 0 Å². The van der Waals surface area contributed by atoms with Gasteiger partial charge in [0.05, 0.1) is 45.9 Å². The quantitative estimate of drug-likeness (QED) is 0.223. The number of benzene rings is 2. The van der Waals surface area contributed by atoms with E-state index in [0.29, 0.717) is 40.4 Å². The summed E-state index contributed by atoms with van der Waals surface area (Å²) in [4.78, 5) is 38.4. The fourth-order valence-electron chi connectivity index (χ4n) is 7.40. The predicted molar refractivity (Wildman–Crippen MR) is 161 cm³/mol. The second-order valence-corrected chi connectivity index (χ2v) is 13.1. The molecule has 0 saturated carbocycles. The maximum absolute atomic E-state index is 13.4. The van der Waals surface area contributed by atoms with Crippen molar-refractivity contribution in [3.8, 4) is 28.7 Å². The molecule has 0 spiro atoms. The van der Waals surface area contributed by atoms with Gasteiger partial charge < -0.3 is 43.8 Å². The van der Waals surface area contributed by atoms with Crippen LogP contribution in [-0.4, -0.2) is 75.8 Å². The van der Waals surface area contributed by atoms with E-state index in [9.17, 15) is 14.4 Å². The van der Waals surface area contributed by atoms with Gasteiger partial charge in [0.25, 0.3) is 0 Å². The van der Waals surface area contributed by atoms with Crippen molar-refractivity contribution >= 4 is 29.7 Å². The second kappa shape index (κ2) is 12.1. The molecular weight excluding hydrogens is 604 g/mol. The van der Waals surface area contributed by atoms with Crippen LogP contribution in [0, 0.1) is 11.8 Å². The highest BCUT2D eigenvalue weighted by molar-refractivity contribution is 8.00. The number of methoxy groups -OCH3 is 3. The van der Waals surface area contributed by atoms with Gasteiger partial charge in [-0.15, -0.1) is 0 Å². The van der Waals surface area contributed by atoms with Crippen LogP contribution >= 0.6 is 11.8 Å². The first-order valence-corrected chi connectivity index (χ1v) is 16.2. The second-order valence-electron chi connectivity index (χ2n) is 11.9. The number of amides is 2. The normalized spacial score (nSPS) is 28.7. The summed E-state index contributed by atoms with van der Waals surface area (Å²) in [6, 6.07) is 7.62. The molecule has 45 heavy (non-hydrogen) atoms. The summed E-state index contributed by atoms with van der Waals surface area (Å²) >= 11 is 1.86. The average Bonchev–Trinajstić information content (AvgIpc) is 3.83. The van der Waals surface area contributed by atoms with Crippen LogP contribution in [0.3, 0.4) is 0 Å². The molecule has 3 fully saturated rings. The SMILES string of the molecule is COc1cc([C@@H]2c3cc4c(cc3[C@H](OC(=O)CCCC[C@@H]3SC[C@@H]5NC(=O)N[C@@H]53)[C@H]3COC(=O)[C@H]23)OCO4)cc(OC)c1OC.